The van der Waals surface area contributed by atoms with Crippen molar-refractivity contribution < 1.29 is 4.74 Å². The summed E-state index contributed by atoms with van der Waals surface area (Å²) in [6.45, 7) is 5.82. The van der Waals surface area contributed by atoms with Crippen LogP contribution in [0.5, 0.6) is 0 Å². The van der Waals surface area contributed by atoms with E-state index in [9.17, 15) is 0 Å². The maximum Gasteiger partial charge on any atom is 0.0776 e. The van der Waals surface area contributed by atoms with Crippen LogP contribution in [0.1, 0.15) is 38.1 Å². The van der Waals surface area contributed by atoms with Gasteiger partial charge in [0.2, 0.25) is 0 Å². The molecule has 4 nitrogen and oxygen atoms in total. The highest BCUT2D eigenvalue weighted by atomic mass is 16.5. The molecule has 2 N–H and O–H groups in total. The first-order chi connectivity index (χ1) is 8.26. The third-order valence-corrected chi connectivity index (χ3v) is 3.47. The molecule has 2 rings (SSSR count). The Balaban J connectivity index is 2.00. The van der Waals surface area contributed by atoms with Gasteiger partial charge in [0.05, 0.1) is 24.4 Å². The molecule has 0 bridgehead atoms. The number of ether oxygens (including phenoxy) is 1. The molecule has 0 amide bonds. The van der Waals surface area contributed by atoms with Crippen LogP contribution in [0.25, 0.3) is 0 Å². The number of nitrogens with two attached hydrogens (primary N) is 1. The summed E-state index contributed by atoms with van der Waals surface area (Å²) in [4.78, 5) is 0. The van der Waals surface area contributed by atoms with E-state index in [-0.39, 0.29) is 6.10 Å². The largest absolute Gasteiger partial charge is 0.372 e. The summed E-state index contributed by atoms with van der Waals surface area (Å²) in [5.41, 5.74) is 8.11. The molecule has 1 aromatic heterocycles. The van der Waals surface area contributed by atoms with E-state index in [2.05, 4.69) is 29.7 Å². The lowest BCUT2D eigenvalue weighted by atomic mass is 10.2. The Morgan fingerprint density at radius 3 is 2.71 bits per heavy atom. The average Bonchev–Trinajstić information content (AvgIpc) is 2.95. The third-order valence-electron chi connectivity index (χ3n) is 3.47. The zero-order valence-electron chi connectivity index (χ0n) is 10.9. The second-order valence-electron chi connectivity index (χ2n) is 4.71. The van der Waals surface area contributed by atoms with Crippen LogP contribution in [0, 0.1) is 0 Å². The number of hydrogen-bond acceptors (Lipinski definition) is 3. The Morgan fingerprint density at radius 1 is 1.35 bits per heavy atom. The standard InChI is InChI=1S/C13H23N3O/c1-3-10-7-11(4-2)16(15-10)9-13-6-5-12(8-14)17-13/h7,12-13H,3-6,8-9,14H2,1-2H3. The van der Waals surface area contributed by atoms with Crippen LogP contribution in [-0.2, 0) is 24.1 Å². The van der Waals surface area contributed by atoms with Gasteiger partial charge in [-0.2, -0.15) is 5.10 Å². The fourth-order valence-electron chi connectivity index (χ4n) is 2.41. The maximum absolute atomic E-state index is 5.87. The van der Waals surface area contributed by atoms with Crippen molar-refractivity contribution >= 4 is 0 Å². The summed E-state index contributed by atoms with van der Waals surface area (Å²) in [7, 11) is 0. The molecule has 0 spiro atoms. The van der Waals surface area contributed by atoms with Gasteiger partial charge in [-0.15, -0.1) is 0 Å². The van der Waals surface area contributed by atoms with Crippen molar-refractivity contribution in [3.05, 3.63) is 17.5 Å². The molecule has 2 unspecified atom stereocenters. The number of rotatable bonds is 5. The molecular formula is C13H23N3O. The van der Waals surface area contributed by atoms with E-state index in [0.29, 0.717) is 12.6 Å². The van der Waals surface area contributed by atoms with E-state index in [0.717, 1.165) is 32.2 Å². The monoisotopic (exact) mass is 237 g/mol. The number of aromatic nitrogens is 2. The van der Waals surface area contributed by atoms with Crippen molar-refractivity contribution in [3.63, 3.8) is 0 Å². The summed E-state index contributed by atoms with van der Waals surface area (Å²) >= 11 is 0. The van der Waals surface area contributed by atoms with Crippen molar-refractivity contribution in [2.75, 3.05) is 6.54 Å². The van der Waals surface area contributed by atoms with Gasteiger partial charge in [-0.3, -0.25) is 4.68 Å². The predicted octanol–water partition coefficient (Wildman–Crippen LogP) is 1.51. The normalized spacial score (nSPS) is 24.4. The highest BCUT2D eigenvalue weighted by molar-refractivity contribution is 5.10. The minimum atomic E-state index is 0.256. The van der Waals surface area contributed by atoms with E-state index in [1.54, 1.807) is 0 Å². The fraction of sp³-hybridized carbons (Fsp3) is 0.769. The van der Waals surface area contributed by atoms with Gasteiger partial charge in [0, 0.05) is 12.2 Å². The molecule has 1 aromatic rings. The highest BCUT2D eigenvalue weighted by Gasteiger charge is 2.25. The first kappa shape index (κ1) is 12.6. The highest BCUT2D eigenvalue weighted by Crippen LogP contribution is 2.21. The molecule has 1 aliphatic heterocycles. The molecule has 1 saturated heterocycles. The lowest BCUT2D eigenvalue weighted by Crippen LogP contribution is -2.23. The first-order valence-corrected chi connectivity index (χ1v) is 6.67. The molecule has 0 aromatic carbocycles. The minimum Gasteiger partial charge on any atom is -0.372 e. The van der Waals surface area contributed by atoms with Crippen LogP contribution in [0.15, 0.2) is 6.07 Å². The Labute approximate surface area is 103 Å². The second-order valence-corrected chi connectivity index (χ2v) is 4.71. The molecular weight excluding hydrogens is 214 g/mol. The first-order valence-electron chi connectivity index (χ1n) is 6.67. The topological polar surface area (TPSA) is 53.1 Å². The second kappa shape index (κ2) is 5.65. The molecule has 0 saturated carbocycles. The molecule has 2 heterocycles. The van der Waals surface area contributed by atoms with Gasteiger partial charge in [0.1, 0.15) is 0 Å². The van der Waals surface area contributed by atoms with Gasteiger partial charge in [-0.05, 0) is 31.7 Å². The van der Waals surface area contributed by atoms with Crippen molar-refractivity contribution in [2.45, 2.75) is 58.3 Å². The molecule has 96 valence electrons. The summed E-state index contributed by atoms with van der Waals surface area (Å²) < 4.78 is 7.98. The SMILES string of the molecule is CCc1cc(CC)n(CC2CCC(CN)O2)n1. The molecule has 2 atom stereocenters. The van der Waals surface area contributed by atoms with Crippen molar-refractivity contribution in [1.82, 2.24) is 9.78 Å². The summed E-state index contributed by atoms with van der Waals surface area (Å²) in [6.07, 6.45) is 4.76. The zero-order chi connectivity index (χ0) is 12.3. The van der Waals surface area contributed by atoms with E-state index < -0.39 is 0 Å². The van der Waals surface area contributed by atoms with Gasteiger partial charge in [0.15, 0.2) is 0 Å². The van der Waals surface area contributed by atoms with Crippen molar-refractivity contribution in [3.8, 4) is 0 Å². The van der Waals surface area contributed by atoms with E-state index in [1.807, 2.05) is 0 Å². The maximum atomic E-state index is 5.87. The van der Waals surface area contributed by atoms with Gasteiger partial charge >= 0.3 is 0 Å². The van der Waals surface area contributed by atoms with Crippen LogP contribution in [0.2, 0.25) is 0 Å². The van der Waals surface area contributed by atoms with Gasteiger partial charge in [-0.1, -0.05) is 13.8 Å². The molecule has 0 radical (unpaired) electrons. The van der Waals surface area contributed by atoms with Crippen molar-refractivity contribution in [1.29, 1.82) is 0 Å². The molecule has 17 heavy (non-hydrogen) atoms. The Kier molecular flexibility index (Phi) is 4.18. The van der Waals surface area contributed by atoms with E-state index in [4.69, 9.17) is 10.5 Å². The van der Waals surface area contributed by atoms with E-state index >= 15 is 0 Å². The van der Waals surface area contributed by atoms with Crippen LogP contribution >= 0.6 is 0 Å². The van der Waals surface area contributed by atoms with Gasteiger partial charge in [-0.25, -0.2) is 0 Å². The lowest BCUT2D eigenvalue weighted by Gasteiger charge is -2.14. The van der Waals surface area contributed by atoms with Crippen LogP contribution in [0.4, 0.5) is 0 Å². The third kappa shape index (κ3) is 2.87. The summed E-state index contributed by atoms with van der Waals surface area (Å²) in [5, 5.41) is 4.62. The Morgan fingerprint density at radius 2 is 2.12 bits per heavy atom. The van der Waals surface area contributed by atoms with Crippen LogP contribution in [-0.4, -0.2) is 28.5 Å². The number of hydrogen-bond donors (Lipinski definition) is 1. The predicted molar refractivity (Wildman–Crippen MR) is 67.9 cm³/mol. The Hall–Kier alpha value is -0.870. The molecule has 1 aliphatic rings. The lowest BCUT2D eigenvalue weighted by molar-refractivity contribution is 0.0380. The van der Waals surface area contributed by atoms with Crippen LogP contribution < -0.4 is 5.73 Å². The quantitative estimate of drug-likeness (QED) is 0.844. The Bertz CT molecular complexity index is 362. The minimum absolute atomic E-state index is 0.256. The van der Waals surface area contributed by atoms with Gasteiger partial charge in [0.25, 0.3) is 0 Å². The zero-order valence-corrected chi connectivity index (χ0v) is 10.9. The van der Waals surface area contributed by atoms with Gasteiger partial charge < -0.3 is 10.5 Å². The average molecular weight is 237 g/mol. The number of nitrogens with zero attached hydrogens (tertiary/aromatic N) is 2. The molecule has 4 heteroatoms. The smallest absolute Gasteiger partial charge is 0.0776 e. The summed E-state index contributed by atoms with van der Waals surface area (Å²) in [6, 6.07) is 2.20. The number of aryl methyl sites for hydroxylation is 2. The van der Waals surface area contributed by atoms with Crippen molar-refractivity contribution in [2.24, 2.45) is 5.73 Å². The molecule has 1 fully saturated rings. The van der Waals surface area contributed by atoms with Crippen LogP contribution in [0.3, 0.4) is 0 Å². The summed E-state index contributed by atoms with van der Waals surface area (Å²) in [5.74, 6) is 0. The van der Waals surface area contributed by atoms with E-state index in [1.165, 1.54) is 11.4 Å². The fourth-order valence-corrected chi connectivity index (χ4v) is 2.41. The molecule has 0 aliphatic carbocycles.